The summed E-state index contributed by atoms with van der Waals surface area (Å²) < 4.78 is 15.7. The lowest BCUT2D eigenvalue weighted by atomic mass is 10.2. The van der Waals surface area contributed by atoms with Gasteiger partial charge < -0.3 is 5.32 Å². The molecule has 0 spiro atoms. The van der Waals surface area contributed by atoms with Crippen molar-refractivity contribution >= 4 is 38.1 Å². The maximum atomic E-state index is 13.1. The van der Waals surface area contributed by atoms with E-state index >= 15 is 0 Å². The molecule has 4 aromatic rings. The van der Waals surface area contributed by atoms with Crippen LogP contribution in [0.1, 0.15) is 16.1 Å². The summed E-state index contributed by atoms with van der Waals surface area (Å²) in [5.74, 6) is 0.149. The second-order valence-electron chi connectivity index (χ2n) is 5.88. The van der Waals surface area contributed by atoms with Gasteiger partial charge in [-0.3, -0.25) is 4.79 Å². The molecule has 0 atom stereocenters. The molecule has 0 aliphatic carbocycles. The molecule has 1 N–H and O–H groups in total. The molecule has 5 nitrogen and oxygen atoms in total. The standard InChI is InChI=1S/C19H14BrFN4OS/c20-14-3-1-2-13(10-14)18(26)22-9-8-16-11-27-19-23-17(24-25(16)19)12-4-6-15(21)7-5-12/h1-7,10-11H,8-9H2,(H,22,26). The normalized spacial score (nSPS) is 11.0. The smallest absolute Gasteiger partial charge is 0.251 e. The second kappa shape index (κ2) is 7.58. The van der Waals surface area contributed by atoms with Crippen molar-refractivity contribution in [2.75, 3.05) is 6.54 Å². The number of rotatable bonds is 5. The van der Waals surface area contributed by atoms with Crippen molar-refractivity contribution in [2.24, 2.45) is 0 Å². The van der Waals surface area contributed by atoms with Crippen LogP contribution in [0.4, 0.5) is 4.39 Å². The third kappa shape index (κ3) is 3.91. The molecular weight excluding hydrogens is 431 g/mol. The fourth-order valence-electron chi connectivity index (χ4n) is 2.65. The van der Waals surface area contributed by atoms with Crippen molar-refractivity contribution in [3.8, 4) is 11.4 Å². The van der Waals surface area contributed by atoms with Crippen LogP contribution in [-0.4, -0.2) is 27.0 Å². The zero-order chi connectivity index (χ0) is 18.8. The average Bonchev–Trinajstić information content (AvgIpc) is 3.24. The Hall–Kier alpha value is -2.58. The van der Waals surface area contributed by atoms with E-state index in [2.05, 4.69) is 31.3 Å². The maximum absolute atomic E-state index is 13.1. The van der Waals surface area contributed by atoms with E-state index in [1.165, 1.54) is 23.5 Å². The van der Waals surface area contributed by atoms with Gasteiger partial charge in [0, 0.05) is 33.9 Å². The van der Waals surface area contributed by atoms with Gasteiger partial charge in [0.05, 0.1) is 5.69 Å². The molecule has 2 aromatic heterocycles. The van der Waals surface area contributed by atoms with Gasteiger partial charge in [-0.2, -0.15) is 4.98 Å². The predicted molar refractivity (Wildman–Crippen MR) is 106 cm³/mol. The van der Waals surface area contributed by atoms with Crippen LogP contribution in [0.2, 0.25) is 0 Å². The number of nitrogens with one attached hydrogen (secondary N) is 1. The third-order valence-corrected chi connectivity index (χ3v) is 5.36. The molecule has 2 aromatic carbocycles. The van der Waals surface area contributed by atoms with Crippen molar-refractivity contribution < 1.29 is 9.18 Å². The van der Waals surface area contributed by atoms with Crippen molar-refractivity contribution in [1.82, 2.24) is 19.9 Å². The zero-order valence-electron chi connectivity index (χ0n) is 14.0. The Kier molecular flexibility index (Phi) is 5.00. The molecule has 0 aliphatic heterocycles. The van der Waals surface area contributed by atoms with Gasteiger partial charge in [-0.15, -0.1) is 16.4 Å². The lowest BCUT2D eigenvalue weighted by Gasteiger charge is -2.05. The highest BCUT2D eigenvalue weighted by molar-refractivity contribution is 9.10. The van der Waals surface area contributed by atoms with Gasteiger partial charge in [0.1, 0.15) is 5.82 Å². The van der Waals surface area contributed by atoms with Crippen molar-refractivity contribution in [3.05, 3.63) is 75.5 Å². The highest BCUT2D eigenvalue weighted by Gasteiger charge is 2.12. The van der Waals surface area contributed by atoms with Crippen LogP contribution in [0.3, 0.4) is 0 Å². The summed E-state index contributed by atoms with van der Waals surface area (Å²) in [4.78, 5) is 17.5. The summed E-state index contributed by atoms with van der Waals surface area (Å²) in [6.45, 7) is 0.489. The number of carbonyl (C=O) groups excluding carboxylic acids is 1. The van der Waals surface area contributed by atoms with Crippen LogP contribution in [-0.2, 0) is 6.42 Å². The molecule has 0 fully saturated rings. The molecule has 0 saturated carbocycles. The van der Waals surface area contributed by atoms with Crippen LogP contribution in [0.25, 0.3) is 16.3 Å². The number of thiazole rings is 1. The van der Waals surface area contributed by atoms with Crippen LogP contribution in [0.5, 0.6) is 0 Å². The minimum Gasteiger partial charge on any atom is -0.352 e. The van der Waals surface area contributed by atoms with Gasteiger partial charge in [-0.05, 0) is 42.5 Å². The number of carbonyl (C=O) groups is 1. The number of amides is 1. The first-order chi connectivity index (χ1) is 13.1. The number of benzene rings is 2. The SMILES string of the molecule is O=C(NCCc1csc2nc(-c3ccc(F)cc3)nn12)c1cccc(Br)c1. The largest absolute Gasteiger partial charge is 0.352 e. The van der Waals surface area contributed by atoms with Crippen molar-refractivity contribution in [3.63, 3.8) is 0 Å². The molecule has 0 aliphatic rings. The summed E-state index contributed by atoms with van der Waals surface area (Å²) in [5, 5.41) is 9.41. The lowest BCUT2D eigenvalue weighted by molar-refractivity contribution is 0.0954. The van der Waals surface area contributed by atoms with Gasteiger partial charge in [0.25, 0.3) is 5.91 Å². The van der Waals surface area contributed by atoms with E-state index in [1.807, 2.05) is 17.5 Å². The number of aromatic nitrogens is 3. The quantitative estimate of drug-likeness (QED) is 0.498. The van der Waals surface area contributed by atoms with Gasteiger partial charge >= 0.3 is 0 Å². The van der Waals surface area contributed by atoms with Crippen LogP contribution in [0.15, 0.2) is 58.4 Å². The lowest BCUT2D eigenvalue weighted by Crippen LogP contribution is -2.26. The minimum atomic E-state index is -0.290. The van der Waals surface area contributed by atoms with Crippen molar-refractivity contribution in [2.45, 2.75) is 6.42 Å². The van der Waals surface area contributed by atoms with E-state index in [1.54, 1.807) is 28.8 Å². The van der Waals surface area contributed by atoms with Gasteiger partial charge in [0.2, 0.25) is 4.96 Å². The fraction of sp³-hybridized carbons (Fsp3) is 0.105. The van der Waals surface area contributed by atoms with E-state index < -0.39 is 0 Å². The first-order valence-corrected chi connectivity index (χ1v) is 9.90. The van der Waals surface area contributed by atoms with E-state index in [-0.39, 0.29) is 11.7 Å². The Labute approximate surface area is 167 Å². The second-order valence-corrected chi connectivity index (χ2v) is 7.63. The third-order valence-electron chi connectivity index (χ3n) is 4.01. The average molecular weight is 445 g/mol. The molecule has 0 saturated heterocycles. The molecule has 8 heteroatoms. The summed E-state index contributed by atoms with van der Waals surface area (Å²) in [6, 6.07) is 13.4. The summed E-state index contributed by atoms with van der Waals surface area (Å²) in [7, 11) is 0. The number of halogens is 2. The minimum absolute atomic E-state index is 0.117. The molecule has 0 unspecified atom stereocenters. The fourth-order valence-corrected chi connectivity index (χ4v) is 3.91. The molecule has 0 bridgehead atoms. The van der Waals surface area contributed by atoms with Gasteiger partial charge in [-0.25, -0.2) is 8.91 Å². The van der Waals surface area contributed by atoms with E-state index in [0.29, 0.717) is 24.4 Å². The van der Waals surface area contributed by atoms with E-state index in [4.69, 9.17) is 0 Å². The Morgan fingerprint density at radius 1 is 1.22 bits per heavy atom. The van der Waals surface area contributed by atoms with Crippen LogP contribution >= 0.6 is 27.3 Å². The van der Waals surface area contributed by atoms with Crippen molar-refractivity contribution in [1.29, 1.82) is 0 Å². The highest BCUT2D eigenvalue weighted by atomic mass is 79.9. The maximum Gasteiger partial charge on any atom is 0.251 e. The highest BCUT2D eigenvalue weighted by Crippen LogP contribution is 2.21. The van der Waals surface area contributed by atoms with E-state index in [9.17, 15) is 9.18 Å². The summed E-state index contributed by atoms with van der Waals surface area (Å²) in [6.07, 6.45) is 0.631. The Bertz CT molecular complexity index is 1110. The number of hydrogen-bond donors (Lipinski definition) is 1. The topological polar surface area (TPSA) is 59.3 Å². The molecule has 4 rings (SSSR count). The number of hydrogen-bond acceptors (Lipinski definition) is 4. The molecule has 136 valence electrons. The van der Waals surface area contributed by atoms with E-state index in [0.717, 1.165) is 20.7 Å². The predicted octanol–water partition coefficient (Wildman–Crippen LogP) is 4.33. The Balaban J connectivity index is 1.45. The monoisotopic (exact) mass is 444 g/mol. The molecule has 2 heterocycles. The Morgan fingerprint density at radius 3 is 2.81 bits per heavy atom. The first-order valence-electron chi connectivity index (χ1n) is 8.23. The van der Waals surface area contributed by atoms with Gasteiger partial charge in [0.15, 0.2) is 5.82 Å². The molecular formula is C19H14BrFN4OS. The molecule has 0 radical (unpaired) electrons. The van der Waals surface area contributed by atoms with Crippen LogP contribution < -0.4 is 5.32 Å². The summed E-state index contributed by atoms with van der Waals surface area (Å²) >= 11 is 4.85. The van der Waals surface area contributed by atoms with Gasteiger partial charge in [-0.1, -0.05) is 22.0 Å². The van der Waals surface area contributed by atoms with Crippen LogP contribution in [0, 0.1) is 5.82 Å². The summed E-state index contributed by atoms with van der Waals surface area (Å²) in [5.41, 5.74) is 2.34. The number of fused-ring (bicyclic) bond motifs is 1. The first kappa shape index (κ1) is 17.8. The Morgan fingerprint density at radius 2 is 2.04 bits per heavy atom. The molecule has 27 heavy (non-hydrogen) atoms. The number of nitrogens with zero attached hydrogens (tertiary/aromatic N) is 3. The molecule has 1 amide bonds. The zero-order valence-corrected chi connectivity index (χ0v) is 16.4.